The van der Waals surface area contributed by atoms with Crippen molar-refractivity contribution in [1.82, 2.24) is 9.97 Å². The first-order valence-corrected chi connectivity index (χ1v) is 10.0. The smallest absolute Gasteiger partial charge is 0.255 e. The van der Waals surface area contributed by atoms with Crippen LogP contribution in [-0.4, -0.2) is 30.0 Å². The lowest BCUT2D eigenvalue weighted by Gasteiger charge is -2.12. The number of rotatable bonds is 5. The lowest BCUT2D eigenvalue weighted by molar-refractivity contribution is 0.102. The summed E-state index contributed by atoms with van der Waals surface area (Å²) < 4.78 is 0. The van der Waals surface area contributed by atoms with Crippen LogP contribution in [-0.2, 0) is 0 Å². The standard InChI is InChI=1S/C23H20N4OS/c1-27(2)20-8-6-16(7-9-20)22(28)25-19-5-3-4-18(14-19)21-15-29-23(26-21)17-10-12-24-13-11-17/h3-15H,1-2H3,(H,25,28). The van der Waals surface area contributed by atoms with E-state index in [1.807, 2.05) is 85.0 Å². The summed E-state index contributed by atoms with van der Waals surface area (Å²) in [4.78, 5) is 23.4. The second-order valence-corrected chi connectivity index (χ2v) is 7.61. The molecule has 2 heterocycles. The molecule has 0 fully saturated rings. The Labute approximate surface area is 173 Å². The van der Waals surface area contributed by atoms with Gasteiger partial charge in [0, 0.05) is 59.9 Å². The second-order valence-electron chi connectivity index (χ2n) is 6.75. The molecule has 4 aromatic rings. The Morgan fingerprint density at radius 3 is 2.45 bits per heavy atom. The zero-order valence-corrected chi connectivity index (χ0v) is 17.0. The van der Waals surface area contributed by atoms with Crippen LogP contribution >= 0.6 is 11.3 Å². The highest BCUT2D eigenvalue weighted by Gasteiger charge is 2.10. The molecular formula is C23H20N4OS. The van der Waals surface area contributed by atoms with E-state index in [1.165, 1.54) is 0 Å². The number of carbonyl (C=O) groups excluding carboxylic acids is 1. The average Bonchev–Trinajstić information content (AvgIpc) is 3.25. The molecule has 0 spiro atoms. The van der Waals surface area contributed by atoms with Crippen molar-refractivity contribution in [1.29, 1.82) is 0 Å². The molecule has 6 heteroatoms. The van der Waals surface area contributed by atoms with E-state index in [0.717, 1.165) is 33.2 Å². The van der Waals surface area contributed by atoms with E-state index in [4.69, 9.17) is 4.98 Å². The van der Waals surface area contributed by atoms with Gasteiger partial charge in [-0.05, 0) is 48.5 Å². The first-order chi connectivity index (χ1) is 14.1. The van der Waals surface area contributed by atoms with E-state index in [1.54, 1.807) is 23.7 Å². The predicted octanol–water partition coefficient (Wildman–Crippen LogP) is 5.19. The number of carbonyl (C=O) groups is 1. The van der Waals surface area contributed by atoms with E-state index >= 15 is 0 Å². The third kappa shape index (κ3) is 4.33. The molecule has 0 aliphatic rings. The number of aromatic nitrogens is 2. The van der Waals surface area contributed by atoms with Gasteiger partial charge in [0.15, 0.2) is 0 Å². The number of thiazole rings is 1. The summed E-state index contributed by atoms with van der Waals surface area (Å²) in [6.45, 7) is 0. The van der Waals surface area contributed by atoms with Crippen molar-refractivity contribution in [2.75, 3.05) is 24.3 Å². The Balaban J connectivity index is 1.52. The van der Waals surface area contributed by atoms with Gasteiger partial charge in [-0.1, -0.05) is 12.1 Å². The summed E-state index contributed by atoms with van der Waals surface area (Å²) in [7, 11) is 3.94. The van der Waals surface area contributed by atoms with E-state index in [-0.39, 0.29) is 5.91 Å². The molecule has 0 aliphatic carbocycles. The van der Waals surface area contributed by atoms with Crippen molar-refractivity contribution < 1.29 is 4.79 Å². The van der Waals surface area contributed by atoms with Crippen LogP contribution in [0.5, 0.6) is 0 Å². The molecule has 0 saturated carbocycles. The molecule has 144 valence electrons. The monoisotopic (exact) mass is 400 g/mol. The van der Waals surface area contributed by atoms with Crippen LogP contribution in [0.4, 0.5) is 11.4 Å². The van der Waals surface area contributed by atoms with E-state index < -0.39 is 0 Å². The number of nitrogens with zero attached hydrogens (tertiary/aromatic N) is 3. The summed E-state index contributed by atoms with van der Waals surface area (Å²) in [5.74, 6) is -0.136. The van der Waals surface area contributed by atoms with Gasteiger partial charge >= 0.3 is 0 Å². The van der Waals surface area contributed by atoms with Gasteiger partial charge in [-0.3, -0.25) is 9.78 Å². The molecule has 29 heavy (non-hydrogen) atoms. The SMILES string of the molecule is CN(C)c1ccc(C(=O)Nc2cccc(-c3csc(-c4ccncc4)n3)c2)cc1. The highest BCUT2D eigenvalue weighted by Crippen LogP contribution is 2.29. The minimum Gasteiger partial charge on any atom is -0.378 e. The van der Waals surface area contributed by atoms with E-state index in [0.29, 0.717) is 5.56 Å². The number of pyridine rings is 1. The molecule has 2 aromatic carbocycles. The molecule has 0 bridgehead atoms. The third-order valence-corrected chi connectivity index (χ3v) is 5.38. The maximum Gasteiger partial charge on any atom is 0.255 e. The summed E-state index contributed by atoms with van der Waals surface area (Å²) in [6, 6.07) is 19.2. The Bertz CT molecular complexity index is 1120. The van der Waals surface area contributed by atoms with Gasteiger partial charge in [-0.25, -0.2) is 4.98 Å². The summed E-state index contributed by atoms with van der Waals surface area (Å²) in [5.41, 5.74) is 5.30. The first kappa shape index (κ1) is 18.8. The maximum absolute atomic E-state index is 12.6. The van der Waals surface area contributed by atoms with Gasteiger partial charge in [0.1, 0.15) is 5.01 Å². The lowest BCUT2D eigenvalue weighted by Crippen LogP contribution is -2.13. The maximum atomic E-state index is 12.6. The number of nitrogens with one attached hydrogen (secondary N) is 1. The molecule has 0 unspecified atom stereocenters. The number of benzene rings is 2. The molecule has 2 aromatic heterocycles. The van der Waals surface area contributed by atoms with Crippen LogP contribution < -0.4 is 10.2 Å². The Kier molecular flexibility index (Phi) is 5.35. The summed E-state index contributed by atoms with van der Waals surface area (Å²) >= 11 is 1.59. The van der Waals surface area contributed by atoms with E-state index in [2.05, 4.69) is 10.3 Å². The largest absolute Gasteiger partial charge is 0.378 e. The number of amides is 1. The summed E-state index contributed by atoms with van der Waals surface area (Å²) in [5, 5.41) is 5.94. The molecule has 0 saturated heterocycles. The van der Waals surface area contributed by atoms with Crippen LogP contribution in [0.1, 0.15) is 10.4 Å². The molecule has 0 atom stereocenters. The predicted molar refractivity (Wildman–Crippen MR) is 120 cm³/mol. The van der Waals surface area contributed by atoms with Gasteiger partial charge in [-0.2, -0.15) is 0 Å². The van der Waals surface area contributed by atoms with E-state index in [9.17, 15) is 4.79 Å². The van der Waals surface area contributed by atoms with Crippen LogP contribution in [0.3, 0.4) is 0 Å². The van der Waals surface area contributed by atoms with Gasteiger partial charge in [0.05, 0.1) is 5.69 Å². The fourth-order valence-electron chi connectivity index (χ4n) is 2.90. The average molecular weight is 401 g/mol. The fourth-order valence-corrected chi connectivity index (χ4v) is 3.74. The van der Waals surface area contributed by atoms with Crippen LogP contribution in [0.15, 0.2) is 78.4 Å². The second kappa shape index (κ2) is 8.24. The Morgan fingerprint density at radius 1 is 0.966 bits per heavy atom. The normalized spacial score (nSPS) is 10.6. The molecule has 4 rings (SSSR count). The number of hydrogen-bond acceptors (Lipinski definition) is 5. The number of anilines is 2. The van der Waals surface area contributed by atoms with Crippen molar-refractivity contribution >= 4 is 28.6 Å². The zero-order chi connectivity index (χ0) is 20.2. The topological polar surface area (TPSA) is 58.1 Å². The molecule has 1 N–H and O–H groups in total. The number of hydrogen-bond donors (Lipinski definition) is 1. The van der Waals surface area contributed by atoms with Crippen molar-refractivity contribution in [3.63, 3.8) is 0 Å². The van der Waals surface area contributed by atoms with Crippen molar-refractivity contribution in [2.45, 2.75) is 0 Å². The van der Waals surface area contributed by atoms with Gasteiger partial charge in [0.2, 0.25) is 0 Å². The van der Waals surface area contributed by atoms with Gasteiger partial charge < -0.3 is 10.2 Å². The molecule has 0 aliphatic heterocycles. The van der Waals surface area contributed by atoms with Crippen molar-refractivity contribution in [3.8, 4) is 21.8 Å². The van der Waals surface area contributed by atoms with Gasteiger partial charge in [-0.15, -0.1) is 11.3 Å². The van der Waals surface area contributed by atoms with Gasteiger partial charge in [0.25, 0.3) is 5.91 Å². The molecular weight excluding hydrogens is 380 g/mol. The molecule has 5 nitrogen and oxygen atoms in total. The lowest BCUT2D eigenvalue weighted by atomic mass is 10.1. The highest BCUT2D eigenvalue weighted by molar-refractivity contribution is 7.13. The Hall–Kier alpha value is -3.51. The molecule has 1 amide bonds. The van der Waals surface area contributed by atoms with Crippen molar-refractivity contribution in [3.05, 3.63) is 84.0 Å². The minimum absolute atomic E-state index is 0.136. The minimum atomic E-state index is -0.136. The molecule has 0 radical (unpaired) electrons. The van der Waals surface area contributed by atoms with Crippen LogP contribution in [0, 0.1) is 0 Å². The summed E-state index contributed by atoms with van der Waals surface area (Å²) in [6.07, 6.45) is 3.52. The van der Waals surface area contributed by atoms with Crippen LogP contribution in [0.2, 0.25) is 0 Å². The highest BCUT2D eigenvalue weighted by atomic mass is 32.1. The third-order valence-electron chi connectivity index (χ3n) is 4.49. The quantitative estimate of drug-likeness (QED) is 0.501. The zero-order valence-electron chi connectivity index (χ0n) is 16.2. The Morgan fingerprint density at radius 2 is 1.72 bits per heavy atom. The van der Waals surface area contributed by atoms with Crippen LogP contribution in [0.25, 0.3) is 21.8 Å². The first-order valence-electron chi connectivity index (χ1n) is 9.15. The van der Waals surface area contributed by atoms with Crippen molar-refractivity contribution in [2.24, 2.45) is 0 Å². The fraction of sp³-hybridized carbons (Fsp3) is 0.0870.